The van der Waals surface area contributed by atoms with Gasteiger partial charge in [-0.15, -0.1) is 0 Å². The minimum atomic E-state index is -0.776. The predicted molar refractivity (Wildman–Crippen MR) is 107 cm³/mol. The second-order valence-corrected chi connectivity index (χ2v) is 7.38. The molecular weight excluding hydrogens is 346 g/mol. The lowest BCUT2D eigenvalue weighted by atomic mass is 10.0. The van der Waals surface area contributed by atoms with E-state index in [0.29, 0.717) is 6.42 Å². The largest absolute Gasteiger partial charge is 0.459 e. The summed E-state index contributed by atoms with van der Waals surface area (Å²) in [6, 6.07) is 2.85. The fourth-order valence-corrected chi connectivity index (χ4v) is 3.25. The molecule has 1 aromatic rings. The summed E-state index contributed by atoms with van der Waals surface area (Å²) in [6.45, 7) is 4.18. The molecule has 1 unspecified atom stereocenters. The Bertz CT molecular complexity index is 531. The van der Waals surface area contributed by atoms with Crippen LogP contribution in [0.15, 0.2) is 18.2 Å². The lowest BCUT2D eigenvalue weighted by Crippen LogP contribution is -2.18. The van der Waals surface area contributed by atoms with Crippen LogP contribution >= 0.6 is 0 Å². The zero-order chi connectivity index (χ0) is 19.9. The summed E-state index contributed by atoms with van der Waals surface area (Å²) in [4.78, 5) is 12.1. The molecule has 2 nitrogen and oxygen atoms in total. The number of benzene rings is 1. The summed E-state index contributed by atoms with van der Waals surface area (Å²) in [5.74, 6) is -2.16. The predicted octanol–water partition coefficient (Wildman–Crippen LogP) is 7.60. The SMILES string of the molecule is CCCCCCCCCCCCCC(CC)OC(=O)c1cc(F)ccc1F. The van der Waals surface area contributed by atoms with Crippen LogP contribution in [0.1, 0.15) is 108 Å². The maximum Gasteiger partial charge on any atom is 0.341 e. The highest BCUT2D eigenvalue weighted by Crippen LogP contribution is 2.17. The molecular formula is C23H36F2O2. The van der Waals surface area contributed by atoms with E-state index in [-0.39, 0.29) is 11.7 Å². The number of esters is 1. The van der Waals surface area contributed by atoms with Gasteiger partial charge in [0.15, 0.2) is 0 Å². The number of hydrogen-bond acceptors (Lipinski definition) is 2. The third-order valence-corrected chi connectivity index (χ3v) is 5.01. The standard InChI is InChI=1S/C23H36F2O2/c1-3-5-6-7-8-9-10-11-12-13-14-15-20(4-2)27-23(26)21-18-19(24)16-17-22(21)25/h16-18,20H,3-15H2,1-2H3. The lowest BCUT2D eigenvalue weighted by molar-refractivity contribution is 0.0261. The number of ether oxygens (including phenoxy) is 1. The van der Waals surface area contributed by atoms with E-state index >= 15 is 0 Å². The molecule has 27 heavy (non-hydrogen) atoms. The van der Waals surface area contributed by atoms with Gasteiger partial charge in [-0.1, -0.05) is 78.1 Å². The molecule has 0 spiro atoms. The molecule has 0 saturated heterocycles. The van der Waals surface area contributed by atoms with Crippen molar-refractivity contribution < 1.29 is 18.3 Å². The molecule has 0 amide bonds. The number of carbonyl (C=O) groups is 1. The maximum absolute atomic E-state index is 13.6. The van der Waals surface area contributed by atoms with E-state index in [2.05, 4.69) is 6.92 Å². The molecule has 0 aliphatic carbocycles. The van der Waals surface area contributed by atoms with Crippen LogP contribution in [0.5, 0.6) is 0 Å². The van der Waals surface area contributed by atoms with Gasteiger partial charge in [-0.2, -0.15) is 0 Å². The van der Waals surface area contributed by atoms with E-state index in [1.54, 1.807) is 0 Å². The fraction of sp³-hybridized carbons (Fsp3) is 0.696. The average Bonchev–Trinajstić information content (AvgIpc) is 2.66. The average molecular weight is 383 g/mol. The molecule has 0 aliphatic heterocycles. The molecule has 154 valence electrons. The van der Waals surface area contributed by atoms with E-state index in [1.165, 1.54) is 57.8 Å². The number of halogens is 2. The van der Waals surface area contributed by atoms with Crippen molar-refractivity contribution >= 4 is 5.97 Å². The van der Waals surface area contributed by atoms with Gasteiger partial charge in [0.25, 0.3) is 0 Å². The van der Waals surface area contributed by atoms with Crippen molar-refractivity contribution in [2.24, 2.45) is 0 Å². The monoisotopic (exact) mass is 382 g/mol. The zero-order valence-corrected chi connectivity index (χ0v) is 17.1. The molecule has 1 rings (SSSR count). The first-order valence-corrected chi connectivity index (χ1v) is 10.7. The molecule has 0 bridgehead atoms. The Morgan fingerprint density at radius 1 is 0.889 bits per heavy atom. The molecule has 0 N–H and O–H groups in total. The van der Waals surface area contributed by atoms with Gasteiger partial charge >= 0.3 is 5.97 Å². The van der Waals surface area contributed by atoms with Crippen molar-refractivity contribution in [2.45, 2.75) is 103 Å². The molecule has 0 saturated carbocycles. The van der Waals surface area contributed by atoms with E-state index in [4.69, 9.17) is 4.74 Å². The third kappa shape index (κ3) is 10.5. The van der Waals surface area contributed by atoms with Crippen LogP contribution in [-0.2, 0) is 4.74 Å². The second kappa shape index (κ2) is 14.6. The Morgan fingerprint density at radius 3 is 2.00 bits per heavy atom. The number of hydrogen-bond donors (Lipinski definition) is 0. The maximum atomic E-state index is 13.6. The number of rotatable bonds is 15. The minimum Gasteiger partial charge on any atom is -0.459 e. The number of carbonyl (C=O) groups excluding carboxylic acids is 1. The van der Waals surface area contributed by atoms with Crippen LogP contribution < -0.4 is 0 Å². The third-order valence-electron chi connectivity index (χ3n) is 5.01. The molecule has 0 fully saturated rings. The van der Waals surface area contributed by atoms with E-state index in [1.807, 2.05) is 6.92 Å². The minimum absolute atomic E-state index is 0.237. The van der Waals surface area contributed by atoms with Crippen LogP contribution in [0.3, 0.4) is 0 Å². The van der Waals surface area contributed by atoms with Crippen molar-refractivity contribution in [2.75, 3.05) is 0 Å². The van der Waals surface area contributed by atoms with Crippen molar-refractivity contribution in [1.29, 1.82) is 0 Å². The smallest absolute Gasteiger partial charge is 0.341 e. The first-order chi connectivity index (χ1) is 13.1. The van der Waals surface area contributed by atoms with Crippen LogP contribution in [0.4, 0.5) is 8.78 Å². The number of unbranched alkanes of at least 4 members (excludes halogenated alkanes) is 10. The fourth-order valence-electron chi connectivity index (χ4n) is 3.25. The Hall–Kier alpha value is -1.45. The Balaban J connectivity index is 2.14. The van der Waals surface area contributed by atoms with Crippen LogP contribution in [0.25, 0.3) is 0 Å². The molecule has 1 atom stereocenters. The quantitative estimate of drug-likeness (QED) is 0.230. The Morgan fingerprint density at radius 2 is 1.44 bits per heavy atom. The molecule has 1 aromatic carbocycles. The molecule has 4 heteroatoms. The first kappa shape index (κ1) is 23.6. The molecule has 0 radical (unpaired) electrons. The van der Waals surface area contributed by atoms with Crippen LogP contribution in [0.2, 0.25) is 0 Å². The van der Waals surface area contributed by atoms with Crippen molar-refractivity contribution in [3.8, 4) is 0 Å². The van der Waals surface area contributed by atoms with E-state index in [0.717, 1.165) is 37.5 Å². The topological polar surface area (TPSA) is 26.3 Å². The summed E-state index contributed by atoms with van der Waals surface area (Å²) >= 11 is 0. The van der Waals surface area contributed by atoms with E-state index < -0.39 is 17.6 Å². The van der Waals surface area contributed by atoms with Crippen molar-refractivity contribution in [3.05, 3.63) is 35.4 Å². The first-order valence-electron chi connectivity index (χ1n) is 10.7. The Labute approximate surface area is 163 Å². The summed E-state index contributed by atoms with van der Waals surface area (Å²) in [5, 5.41) is 0. The summed E-state index contributed by atoms with van der Waals surface area (Å²) in [6.07, 6.45) is 15.2. The van der Waals surface area contributed by atoms with Gasteiger partial charge in [0, 0.05) is 0 Å². The van der Waals surface area contributed by atoms with Gasteiger partial charge in [-0.3, -0.25) is 0 Å². The lowest BCUT2D eigenvalue weighted by Gasteiger charge is -2.16. The molecule has 0 heterocycles. The van der Waals surface area contributed by atoms with Crippen LogP contribution in [0, 0.1) is 11.6 Å². The molecule has 0 aromatic heterocycles. The van der Waals surface area contributed by atoms with Gasteiger partial charge in [0.05, 0.1) is 5.56 Å². The summed E-state index contributed by atoms with van der Waals surface area (Å²) in [7, 11) is 0. The van der Waals surface area contributed by atoms with Gasteiger partial charge in [-0.05, 0) is 37.5 Å². The second-order valence-electron chi connectivity index (χ2n) is 7.38. The van der Waals surface area contributed by atoms with Gasteiger partial charge in [0.1, 0.15) is 17.7 Å². The van der Waals surface area contributed by atoms with Gasteiger partial charge in [0.2, 0.25) is 0 Å². The zero-order valence-electron chi connectivity index (χ0n) is 17.1. The van der Waals surface area contributed by atoms with Gasteiger partial charge < -0.3 is 4.74 Å². The van der Waals surface area contributed by atoms with Crippen LogP contribution in [-0.4, -0.2) is 12.1 Å². The van der Waals surface area contributed by atoms with Crippen molar-refractivity contribution in [3.63, 3.8) is 0 Å². The molecule has 0 aliphatic rings. The van der Waals surface area contributed by atoms with Gasteiger partial charge in [-0.25, -0.2) is 13.6 Å². The summed E-state index contributed by atoms with van der Waals surface area (Å²) in [5.41, 5.74) is -0.326. The highest BCUT2D eigenvalue weighted by atomic mass is 19.1. The highest BCUT2D eigenvalue weighted by molar-refractivity contribution is 5.89. The summed E-state index contributed by atoms with van der Waals surface area (Å²) < 4.78 is 32.2. The highest BCUT2D eigenvalue weighted by Gasteiger charge is 2.18. The normalized spacial score (nSPS) is 12.1. The van der Waals surface area contributed by atoms with Crippen molar-refractivity contribution in [1.82, 2.24) is 0 Å². The van der Waals surface area contributed by atoms with E-state index in [9.17, 15) is 13.6 Å². The Kier molecular flexibility index (Phi) is 12.7.